The Morgan fingerprint density at radius 3 is 2.35 bits per heavy atom. The summed E-state index contributed by atoms with van der Waals surface area (Å²) in [6, 6.07) is 12.6. The normalized spacial score (nSPS) is 23.7. The first-order valence-corrected chi connectivity index (χ1v) is 10.1. The average Bonchev–Trinajstić information content (AvgIpc) is 3.20. The fraction of sp³-hybridized carbons (Fsp3) is 0.333. The Labute approximate surface area is 179 Å². The van der Waals surface area contributed by atoms with Gasteiger partial charge in [0.25, 0.3) is 5.91 Å². The van der Waals surface area contributed by atoms with Crippen molar-refractivity contribution in [1.29, 1.82) is 5.26 Å². The van der Waals surface area contributed by atoms with Gasteiger partial charge in [0.1, 0.15) is 11.4 Å². The fourth-order valence-corrected chi connectivity index (χ4v) is 4.79. The van der Waals surface area contributed by atoms with Crippen LogP contribution in [0.25, 0.3) is 0 Å². The van der Waals surface area contributed by atoms with Gasteiger partial charge in [0, 0.05) is 5.69 Å². The van der Waals surface area contributed by atoms with E-state index >= 15 is 0 Å². The smallest absolute Gasteiger partial charge is 0.313 e. The molecule has 1 spiro atoms. The third-order valence-corrected chi connectivity index (χ3v) is 6.26. The number of hydrogen-bond acceptors (Lipinski definition) is 3. The van der Waals surface area contributed by atoms with Gasteiger partial charge in [-0.3, -0.25) is 9.69 Å². The number of amides is 1. The zero-order valence-electron chi connectivity index (χ0n) is 17.3. The van der Waals surface area contributed by atoms with E-state index in [1.807, 2.05) is 36.1 Å². The molecule has 2 unspecified atom stereocenters. The first-order valence-electron chi connectivity index (χ1n) is 10.1. The van der Waals surface area contributed by atoms with Gasteiger partial charge in [0.2, 0.25) is 0 Å². The lowest BCUT2D eigenvalue weighted by Gasteiger charge is -2.33. The Hall–Kier alpha value is -3.27. The maximum atomic E-state index is 13.7. The van der Waals surface area contributed by atoms with Crippen LogP contribution in [-0.4, -0.2) is 11.4 Å². The Morgan fingerprint density at radius 1 is 1.16 bits per heavy atom. The van der Waals surface area contributed by atoms with E-state index in [-0.39, 0.29) is 11.6 Å². The highest BCUT2D eigenvalue weighted by molar-refractivity contribution is 6.10. The zero-order valence-corrected chi connectivity index (χ0v) is 17.3. The van der Waals surface area contributed by atoms with Crippen molar-refractivity contribution in [2.24, 2.45) is 5.92 Å². The van der Waals surface area contributed by atoms with Crippen LogP contribution in [0.2, 0.25) is 0 Å². The molecule has 0 radical (unpaired) electrons. The van der Waals surface area contributed by atoms with Gasteiger partial charge in [-0.1, -0.05) is 31.2 Å². The molecule has 0 N–H and O–H groups in total. The maximum absolute atomic E-state index is 13.7. The van der Waals surface area contributed by atoms with Crippen LogP contribution in [0.4, 0.5) is 24.5 Å². The van der Waals surface area contributed by atoms with Crippen LogP contribution in [-0.2, 0) is 11.0 Å². The Balaban J connectivity index is 1.85. The molecule has 2 fully saturated rings. The average molecular weight is 425 g/mol. The molecule has 1 aliphatic heterocycles. The van der Waals surface area contributed by atoms with E-state index in [0.29, 0.717) is 24.6 Å². The molecule has 7 heteroatoms. The maximum Gasteiger partial charge on any atom is 0.417 e. The van der Waals surface area contributed by atoms with Crippen molar-refractivity contribution in [3.05, 3.63) is 71.6 Å². The quantitative estimate of drug-likeness (QED) is 0.614. The summed E-state index contributed by atoms with van der Waals surface area (Å²) in [6.07, 6.45) is -2.67. The van der Waals surface area contributed by atoms with Crippen molar-refractivity contribution in [1.82, 2.24) is 0 Å². The number of nitriles is 1. The highest BCUT2D eigenvalue weighted by Gasteiger charge is 2.58. The Morgan fingerprint density at radius 2 is 1.81 bits per heavy atom. The molecule has 1 saturated heterocycles. The van der Waals surface area contributed by atoms with Crippen LogP contribution in [0.3, 0.4) is 0 Å². The zero-order chi connectivity index (χ0) is 22.6. The molecule has 1 saturated carbocycles. The molecule has 1 aliphatic carbocycles. The first-order chi connectivity index (χ1) is 14.6. The van der Waals surface area contributed by atoms with Gasteiger partial charge in [0.15, 0.2) is 0 Å². The molecule has 4 nitrogen and oxygen atoms in total. The second kappa shape index (κ2) is 7.16. The van der Waals surface area contributed by atoms with Gasteiger partial charge >= 0.3 is 6.18 Å². The van der Waals surface area contributed by atoms with Crippen molar-refractivity contribution in [3.8, 4) is 6.07 Å². The molecule has 4 rings (SSSR count). The molecule has 2 aromatic rings. The lowest BCUT2D eigenvalue weighted by atomic mass is 9.93. The minimum Gasteiger partial charge on any atom is -0.313 e. The number of carbonyl (C=O) groups is 1. The van der Waals surface area contributed by atoms with Crippen molar-refractivity contribution in [2.45, 2.75) is 44.8 Å². The number of hydrogen-bond donors (Lipinski definition) is 0. The van der Waals surface area contributed by atoms with Gasteiger partial charge in [-0.05, 0) is 62.4 Å². The van der Waals surface area contributed by atoms with E-state index in [0.717, 1.165) is 29.8 Å². The van der Waals surface area contributed by atoms with Crippen LogP contribution >= 0.6 is 0 Å². The predicted octanol–water partition coefficient (Wildman–Crippen LogP) is 5.77. The largest absolute Gasteiger partial charge is 0.417 e. The van der Waals surface area contributed by atoms with Crippen LogP contribution in [0.15, 0.2) is 54.9 Å². The first kappa shape index (κ1) is 21.0. The minimum atomic E-state index is -4.71. The van der Waals surface area contributed by atoms with Crippen molar-refractivity contribution in [2.75, 3.05) is 9.80 Å². The van der Waals surface area contributed by atoms with E-state index in [9.17, 15) is 18.0 Å². The SMILES string of the molecule is C=C1N(c2ccc(C#N)c(C(F)(F)F)c2)C(=O)C2(CCC(C)C2)N1c1ccc(C)cc1. The molecule has 2 aliphatic rings. The van der Waals surface area contributed by atoms with Crippen molar-refractivity contribution < 1.29 is 18.0 Å². The molecule has 0 bridgehead atoms. The summed E-state index contributed by atoms with van der Waals surface area (Å²) < 4.78 is 40.6. The standard InChI is InChI=1S/C24H22F3N3O/c1-15-4-7-19(8-5-15)30-17(3)29(22(31)23(30)11-10-16(2)13-23)20-9-6-18(14-28)21(12-20)24(25,26)27/h4-9,12,16H,3,10-11,13H2,1-2H3. The number of nitrogens with zero attached hydrogens (tertiary/aromatic N) is 3. The summed E-state index contributed by atoms with van der Waals surface area (Å²) in [5, 5.41) is 9.10. The monoisotopic (exact) mass is 425 g/mol. The van der Waals surface area contributed by atoms with Gasteiger partial charge in [-0.25, -0.2) is 0 Å². The second-order valence-electron chi connectivity index (χ2n) is 8.45. The minimum absolute atomic E-state index is 0.0647. The van der Waals surface area contributed by atoms with Crippen LogP contribution in [0, 0.1) is 24.2 Å². The van der Waals surface area contributed by atoms with E-state index in [1.54, 1.807) is 6.07 Å². The number of carbonyl (C=O) groups excluding carboxylic acids is 1. The lowest BCUT2D eigenvalue weighted by Crippen LogP contribution is -2.47. The molecule has 2 atom stereocenters. The number of alkyl halides is 3. The van der Waals surface area contributed by atoms with Crippen molar-refractivity contribution >= 4 is 17.3 Å². The second-order valence-corrected chi connectivity index (χ2v) is 8.45. The van der Waals surface area contributed by atoms with Crippen LogP contribution in [0.1, 0.15) is 42.9 Å². The molecule has 160 valence electrons. The summed E-state index contributed by atoms with van der Waals surface area (Å²) in [7, 11) is 0. The van der Waals surface area contributed by atoms with E-state index in [2.05, 4.69) is 13.5 Å². The molecular weight excluding hydrogens is 403 g/mol. The molecule has 1 amide bonds. The molecule has 0 aromatic heterocycles. The summed E-state index contributed by atoms with van der Waals surface area (Å²) >= 11 is 0. The van der Waals surface area contributed by atoms with Crippen LogP contribution < -0.4 is 9.80 Å². The Bertz CT molecular complexity index is 1100. The number of aryl methyl sites for hydroxylation is 1. The molecule has 2 aromatic carbocycles. The summed E-state index contributed by atoms with van der Waals surface area (Å²) in [4.78, 5) is 16.9. The molecular formula is C24H22F3N3O. The highest BCUT2D eigenvalue weighted by Crippen LogP contribution is 2.50. The van der Waals surface area contributed by atoms with Crippen molar-refractivity contribution in [3.63, 3.8) is 0 Å². The van der Waals surface area contributed by atoms with E-state index in [4.69, 9.17) is 5.26 Å². The topological polar surface area (TPSA) is 47.3 Å². The number of anilines is 2. The number of rotatable bonds is 2. The lowest BCUT2D eigenvalue weighted by molar-refractivity contribution is -0.137. The summed E-state index contributed by atoms with van der Waals surface area (Å²) in [5.74, 6) is 0.345. The molecule has 31 heavy (non-hydrogen) atoms. The highest BCUT2D eigenvalue weighted by atomic mass is 19.4. The van der Waals surface area contributed by atoms with E-state index < -0.39 is 22.8 Å². The van der Waals surface area contributed by atoms with Gasteiger partial charge in [-0.2, -0.15) is 18.4 Å². The summed E-state index contributed by atoms with van der Waals surface area (Å²) in [5.41, 5.74) is -0.505. The summed E-state index contributed by atoms with van der Waals surface area (Å²) in [6.45, 7) is 8.14. The predicted molar refractivity (Wildman–Crippen MR) is 112 cm³/mol. The van der Waals surface area contributed by atoms with Crippen LogP contribution in [0.5, 0.6) is 0 Å². The third kappa shape index (κ3) is 3.27. The number of halogens is 3. The van der Waals surface area contributed by atoms with Gasteiger partial charge in [-0.15, -0.1) is 0 Å². The number of benzene rings is 2. The van der Waals surface area contributed by atoms with Gasteiger partial charge in [0.05, 0.1) is 22.9 Å². The van der Waals surface area contributed by atoms with Gasteiger partial charge < -0.3 is 4.90 Å². The fourth-order valence-electron chi connectivity index (χ4n) is 4.79. The Kier molecular flexibility index (Phi) is 4.84. The third-order valence-electron chi connectivity index (χ3n) is 6.26. The molecule has 1 heterocycles. The van der Waals surface area contributed by atoms with E-state index in [1.165, 1.54) is 11.0 Å².